The lowest BCUT2D eigenvalue weighted by molar-refractivity contribution is 0.726. The highest BCUT2D eigenvalue weighted by atomic mass is 15.3. The van der Waals surface area contributed by atoms with Crippen molar-refractivity contribution in [1.29, 1.82) is 0 Å². The number of rotatable bonds is 5. The molecule has 100 valence electrons. The highest BCUT2D eigenvalue weighted by Gasteiger charge is 2.12. The van der Waals surface area contributed by atoms with Crippen molar-refractivity contribution in [2.75, 3.05) is 29.9 Å². The van der Waals surface area contributed by atoms with Crippen molar-refractivity contribution >= 4 is 11.8 Å². The zero-order valence-corrected chi connectivity index (χ0v) is 11.2. The summed E-state index contributed by atoms with van der Waals surface area (Å²) in [6, 6.07) is 0. The van der Waals surface area contributed by atoms with Crippen LogP contribution >= 0.6 is 0 Å². The molecule has 5 heteroatoms. The van der Waals surface area contributed by atoms with Gasteiger partial charge in [0.05, 0.1) is 6.20 Å². The molecule has 0 spiro atoms. The fourth-order valence-corrected chi connectivity index (χ4v) is 2.20. The predicted octanol–water partition coefficient (Wildman–Crippen LogP) is 2.46. The Morgan fingerprint density at radius 2 is 2.00 bits per heavy atom. The summed E-state index contributed by atoms with van der Waals surface area (Å²) in [7, 11) is 0. The molecule has 1 saturated heterocycles. The van der Waals surface area contributed by atoms with Crippen molar-refractivity contribution in [1.82, 2.24) is 15.2 Å². The van der Waals surface area contributed by atoms with Crippen LogP contribution in [0.2, 0.25) is 0 Å². The van der Waals surface area contributed by atoms with Gasteiger partial charge in [-0.2, -0.15) is 10.1 Å². The van der Waals surface area contributed by atoms with Gasteiger partial charge < -0.3 is 10.2 Å². The Labute approximate surface area is 109 Å². The second kappa shape index (κ2) is 7.13. The van der Waals surface area contributed by atoms with Crippen molar-refractivity contribution in [3.8, 4) is 0 Å². The van der Waals surface area contributed by atoms with E-state index < -0.39 is 0 Å². The van der Waals surface area contributed by atoms with E-state index in [1.54, 1.807) is 6.20 Å². The first-order chi connectivity index (χ1) is 8.90. The van der Waals surface area contributed by atoms with Crippen molar-refractivity contribution in [2.24, 2.45) is 0 Å². The van der Waals surface area contributed by atoms with Gasteiger partial charge in [0.15, 0.2) is 5.82 Å². The quantitative estimate of drug-likeness (QED) is 0.812. The number of unbranched alkanes of at least 4 members (excludes halogenated alkanes) is 1. The summed E-state index contributed by atoms with van der Waals surface area (Å²) in [6.45, 7) is 5.27. The van der Waals surface area contributed by atoms with E-state index in [1.165, 1.54) is 32.1 Å². The number of nitrogens with zero attached hydrogens (tertiary/aromatic N) is 4. The number of anilines is 2. The van der Waals surface area contributed by atoms with Gasteiger partial charge in [-0.3, -0.25) is 0 Å². The third-order valence-corrected chi connectivity index (χ3v) is 3.29. The van der Waals surface area contributed by atoms with Gasteiger partial charge in [-0.15, -0.1) is 5.10 Å². The molecule has 0 bridgehead atoms. The predicted molar refractivity (Wildman–Crippen MR) is 73.9 cm³/mol. The highest BCUT2D eigenvalue weighted by Crippen LogP contribution is 2.16. The molecule has 18 heavy (non-hydrogen) atoms. The van der Waals surface area contributed by atoms with E-state index in [1.807, 2.05) is 0 Å². The summed E-state index contributed by atoms with van der Waals surface area (Å²) in [6.07, 6.45) is 9.25. The summed E-state index contributed by atoms with van der Waals surface area (Å²) >= 11 is 0. The molecule has 1 N–H and O–H groups in total. The molecule has 1 fully saturated rings. The van der Waals surface area contributed by atoms with E-state index in [4.69, 9.17) is 0 Å². The maximum Gasteiger partial charge on any atom is 0.244 e. The number of aromatic nitrogens is 3. The third-order valence-electron chi connectivity index (χ3n) is 3.29. The second-order valence-electron chi connectivity index (χ2n) is 4.82. The lowest BCUT2D eigenvalue weighted by atomic mass is 10.2. The van der Waals surface area contributed by atoms with E-state index in [2.05, 4.69) is 32.3 Å². The molecular weight excluding hydrogens is 226 g/mol. The van der Waals surface area contributed by atoms with Crippen LogP contribution in [0, 0.1) is 0 Å². The van der Waals surface area contributed by atoms with Crippen LogP contribution < -0.4 is 10.2 Å². The van der Waals surface area contributed by atoms with Crippen LogP contribution in [0.3, 0.4) is 0 Å². The molecule has 0 aliphatic carbocycles. The van der Waals surface area contributed by atoms with Crippen LogP contribution in [0.4, 0.5) is 11.8 Å². The third kappa shape index (κ3) is 3.82. The van der Waals surface area contributed by atoms with Crippen LogP contribution in [0.25, 0.3) is 0 Å². The van der Waals surface area contributed by atoms with Crippen LogP contribution in [0.5, 0.6) is 0 Å². The summed E-state index contributed by atoms with van der Waals surface area (Å²) in [4.78, 5) is 6.88. The minimum Gasteiger partial charge on any atom is -0.355 e. The van der Waals surface area contributed by atoms with E-state index in [-0.39, 0.29) is 0 Å². The number of hydrogen-bond donors (Lipinski definition) is 1. The lowest BCUT2D eigenvalue weighted by Crippen LogP contribution is -2.25. The smallest absolute Gasteiger partial charge is 0.244 e. The molecule has 0 amide bonds. The topological polar surface area (TPSA) is 53.9 Å². The van der Waals surface area contributed by atoms with Gasteiger partial charge >= 0.3 is 0 Å². The van der Waals surface area contributed by atoms with Gasteiger partial charge in [-0.1, -0.05) is 26.2 Å². The molecule has 1 aromatic heterocycles. The average Bonchev–Trinajstić information content (AvgIpc) is 2.68. The van der Waals surface area contributed by atoms with Gasteiger partial charge in [0, 0.05) is 19.6 Å². The highest BCUT2D eigenvalue weighted by molar-refractivity contribution is 5.40. The molecule has 0 radical (unpaired) electrons. The summed E-state index contributed by atoms with van der Waals surface area (Å²) < 4.78 is 0. The number of hydrogen-bond acceptors (Lipinski definition) is 5. The normalized spacial score (nSPS) is 16.4. The Bertz CT molecular complexity index is 347. The van der Waals surface area contributed by atoms with Crippen LogP contribution in [-0.2, 0) is 0 Å². The van der Waals surface area contributed by atoms with Crippen molar-refractivity contribution in [2.45, 2.75) is 45.4 Å². The van der Waals surface area contributed by atoms with Gasteiger partial charge in [-0.05, 0) is 19.3 Å². The summed E-state index contributed by atoms with van der Waals surface area (Å²) in [5.74, 6) is 1.62. The van der Waals surface area contributed by atoms with E-state index in [0.29, 0.717) is 5.95 Å². The first-order valence-corrected chi connectivity index (χ1v) is 7.08. The first kappa shape index (κ1) is 13.1. The Hall–Kier alpha value is -1.39. The summed E-state index contributed by atoms with van der Waals surface area (Å²) in [5, 5.41) is 11.3. The first-order valence-electron chi connectivity index (χ1n) is 7.08. The average molecular weight is 249 g/mol. The minimum absolute atomic E-state index is 0.658. The van der Waals surface area contributed by atoms with Gasteiger partial charge in [0.2, 0.25) is 5.95 Å². The zero-order valence-electron chi connectivity index (χ0n) is 11.2. The van der Waals surface area contributed by atoms with E-state index in [9.17, 15) is 0 Å². The number of nitrogens with one attached hydrogen (secondary N) is 1. The Balaban J connectivity index is 1.96. The SMILES string of the molecule is CCCCNc1nncc(N2CCCCCC2)n1. The summed E-state index contributed by atoms with van der Waals surface area (Å²) in [5.41, 5.74) is 0. The molecule has 2 heterocycles. The largest absolute Gasteiger partial charge is 0.355 e. The fraction of sp³-hybridized carbons (Fsp3) is 0.769. The fourth-order valence-electron chi connectivity index (χ4n) is 2.20. The van der Waals surface area contributed by atoms with Crippen molar-refractivity contribution in [3.63, 3.8) is 0 Å². The van der Waals surface area contributed by atoms with Crippen molar-refractivity contribution in [3.05, 3.63) is 6.20 Å². The molecular formula is C13H23N5. The van der Waals surface area contributed by atoms with Crippen LogP contribution in [0.15, 0.2) is 6.20 Å². The molecule has 0 aromatic carbocycles. The lowest BCUT2D eigenvalue weighted by Gasteiger charge is -2.20. The monoisotopic (exact) mass is 249 g/mol. The molecule has 1 aromatic rings. The van der Waals surface area contributed by atoms with Gasteiger partial charge in [0.25, 0.3) is 0 Å². The Morgan fingerprint density at radius 3 is 2.72 bits per heavy atom. The van der Waals surface area contributed by atoms with Gasteiger partial charge in [-0.25, -0.2) is 0 Å². The molecule has 2 rings (SSSR count). The standard InChI is InChI=1S/C13H23N5/c1-2-3-8-14-13-16-12(11-15-17-13)18-9-6-4-5-7-10-18/h11H,2-10H2,1H3,(H,14,16,17). The second-order valence-corrected chi connectivity index (χ2v) is 4.82. The Kier molecular flexibility index (Phi) is 5.17. The zero-order chi connectivity index (χ0) is 12.6. The molecule has 0 saturated carbocycles. The maximum atomic E-state index is 4.55. The van der Waals surface area contributed by atoms with Gasteiger partial charge in [0.1, 0.15) is 0 Å². The molecule has 1 aliphatic rings. The molecule has 5 nitrogen and oxygen atoms in total. The molecule has 0 unspecified atom stereocenters. The Morgan fingerprint density at radius 1 is 1.22 bits per heavy atom. The molecule has 0 atom stereocenters. The maximum absolute atomic E-state index is 4.55. The van der Waals surface area contributed by atoms with Crippen molar-refractivity contribution < 1.29 is 0 Å². The van der Waals surface area contributed by atoms with E-state index in [0.717, 1.165) is 31.9 Å². The van der Waals surface area contributed by atoms with Crippen LogP contribution in [-0.4, -0.2) is 34.8 Å². The minimum atomic E-state index is 0.658. The van der Waals surface area contributed by atoms with E-state index >= 15 is 0 Å². The molecule has 1 aliphatic heterocycles. The van der Waals surface area contributed by atoms with Crippen LogP contribution in [0.1, 0.15) is 45.4 Å².